The van der Waals surface area contributed by atoms with E-state index in [4.69, 9.17) is 4.74 Å². The summed E-state index contributed by atoms with van der Waals surface area (Å²) in [5.41, 5.74) is 3.95. The zero-order chi connectivity index (χ0) is 25.4. The number of hydrogen-bond acceptors (Lipinski definition) is 7. The lowest BCUT2D eigenvalue weighted by Gasteiger charge is -2.13. The fraction of sp³-hybridized carbons (Fsp3) is 0.0833. The number of rotatable bonds is 6. The highest BCUT2D eigenvalue weighted by Crippen LogP contribution is 2.32. The second kappa shape index (κ2) is 8.96. The summed E-state index contributed by atoms with van der Waals surface area (Å²) in [5.74, 6) is -2.13. The number of aromatic nitrogens is 5. The number of hydrogen-bond donors (Lipinski definition) is 1. The van der Waals surface area contributed by atoms with E-state index >= 15 is 0 Å². The molecule has 5 aromatic rings. The van der Waals surface area contributed by atoms with Crippen LogP contribution in [0, 0.1) is 11.6 Å². The van der Waals surface area contributed by atoms with Crippen LogP contribution in [0.4, 0.5) is 14.5 Å². The molecule has 0 fully saturated rings. The highest BCUT2D eigenvalue weighted by atomic mass is 32.2. The largest absolute Gasteiger partial charge is 0.480 e. The number of halogens is 2. The Kier molecular flexibility index (Phi) is 5.80. The van der Waals surface area contributed by atoms with Gasteiger partial charge in [0, 0.05) is 36.6 Å². The van der Waals surface area contributed by atoms with Crippen LogP contribution < -0.4 is 9.46 Å². The minimum absolute atomic E-state index is 0.0194. The fourth-order valence-electron chi connectivity index (χ4n) is 3.62. The third-order valence-electron chi connectivity index (χ3n) is 5.35. The summed E-state index contributed by atoms with van der Waals surface area (Å²) in [5, 5.41) is 4.16. The Morgan fingerprint density at radius 2 is 1.75 bits per heavy atom. The number of methoxy groups -OCH3 is 1. The van der Waals surface area contributed by atoms with Crippen LogP contribution in [0.25, 0.3) is 33.4 Å². The Balaban J connectivity index is 1.53. The van der Waals surface area contributed by atoms with Gasteiger partial charge in [0.25, 0.3) is 10.0 Å². The number of sulfonamides is 1. The van der Waals surface area contributed by atoms with Crippen molar-refractivity contribution < 1.29 is 21.9 Å². The summed E-state index contributed by atoms with van der Waals surface area (Å²) < 4.78 is 62.2. The Hall–Kier alpha value is -4.45. The first-order valence-electron chi connectivity index (χ1n) is 10.5. The zero-order valence-corrected chi connectivity index (χ0v) is 19.8. The normalized spacial score (nSPS) is 11.6. The molecule has 3 aromatic heterocycles. The number of nitrogens with one attached hydrogen (secondary N) is 1. The minimum Gasteiger partial charge on any atom is -0.480 e. The SMILES string of the molecule is COc1ncc(-c2ccc3ncc(-c4cnn(C)c4)nc3c2)cc1NS(=O)(=O)c1ccc(F)cc1F. The predicted molar refractivity (Wildman–Crippen MR) is 129 cm³/mol. The molecule has 36 heavy (non-hydrogen) atoms. The fourth-order valence-corrected chi connectivity index (χ4v) is 4.73. The summed E-state index contributed by atoms with van der Waals surface area (Å²) in [7, 11) is -1.27. The molecule has 0 radical (unpaired) electrons. The Morgan fingerprint density at radius 1 is 0.917 bits per heavy atom. The molecule has 182 valence electrons. The van der Waals surface area contributed by atoms with Crippen LogP contribution in [-0.4, -0.2) is 40.3 Å². The standard InChI is InChI=1S/C24H18F2N6O3S/c1-32-13-16(11-29-32)22-12-27-19-5-3-14(7-20(19)30-22)15-8-21(24(35-2)28-10-15)31-36(33,34)23-6-4-17(25)9-18(23)26/h3-13,31H,1-2H3. The lowest BCUT2D eigenvalue weighted by Crippen LogP contribution is -2.15. The van der Waals surface area contributed by atoms with Gasteiger partial charge in [0.2, 0.25) is 5.88 Å². The van der Waals surface area contributed by atoms with Gasteiger partial charge in [-0.1, -0.05) is 6.07 Å². The smallest absolute Gasteiger partial charge is 0.264 e. The summed E-state index contributed by atoms with van der Waals surface area (Å²) in [6.45, 7) is 0. The molecule has 5 rings (SSSR count). The summed E-state index contributed by atoms with van der Waals surface area (Å²) >= 11 is 0. The van der Waals surface area contributed by atoms with Crippen LogP contribution in [0.1, 0.15) is 0 Å². The lowest BCUT2D eigenvalue weighted by atomic mass is 10.1. The van der Waals surface area contributed by atoms with Crippen molar-refractivity contribution >= 4 is 26.7 Å². The van der Waals surface area contributed by atoms with Crippen molar-refractivity contribution in [2.45, 2.75) is 4.90 Å². The van der Waals surface area contributed by atoms with Gasteiger partial charge in [-0.25, -0.2) is 27.2 Å². The molecule has 0 aliphatic heterocycles. The topological polar surface area (TPSA) is 112 Å². The van der Waals surface area contributed by atoms with Crippen molar-refractivity contribution in [1.82, 2.24) is 24.7 Å². The molecule has 0 unspecified atom stereocenters. The number of fused-ring (bicyclic) bond motifs is 1. The van der Waals surface area contributed by atoms with Gasteiger partial charge in [-0.15, -0.1) is 0 Å². The average Bonchev–Trinajstić information content (AvgIpc) is 3.29. The summed E-state index contributed by atoms with van der Waals surface area (Å²) in [4.78, 5) is 12.6. The van der Waals surface area contributed by atoms with Crippen molar-refractivity contribution in [3.8, 4) is 28.3 Å². The molecule has 0 saturated heterocycles. The Labute approximate surface area is 204 Å². The monoisotopic (exact) mass is 508 g/mol. The molecule has 0 aliphatic rings. The van der Waals surface area contributed by atoms with Crippen LogP contribution >= 0.6 is 0 Å². The molecule has 0 atom stereocenters. The molecule has 1 N–H and O–H groups in total. The van der Waals surface area contributed by atoms with Crippen LogP contribution in [-0.2, 0) is 17.1 Å². The Morgan fingerprint density at radius 3 is 2.47 bits per heavy atom. The van der Waals surface area contributed by atoms with Crippen LogP contribution in [0.15, 0.2) is 72.1 Å². The first-order valence-corrected chi connectivity index (χ1v) is 12.0. The molecule has 0 aliphatic carbocycles. The lowest BCUT2D eigenvalue weighted by molar-refractivity contribution is 0.400. The molecule has 0 spiro atoms. The van der Waals surface area contributed by atoms with Crippen molar-refractivity contribution in [2.24, 2.45) is 7.05 Å². The molecule has 0 saturated carbocycles. The number of ether oxygens (including phenoxy) is 1. The van der Waals surface area contributed by atoms with E-state index in [1.54, 1.807) is 35.3 Å². The zero-order valence-electron chi connectivity index (χ0n) is 19.0. The molecular weight excluding hydrogens is 490 g/mol. The first-order chi connectivity index (χ1) is 17.2. The van der Waals surface area contributed by atoms with E-state index in [-0.39, 0.29) is 11.6 Å². The quantitative estimate of drug-likeness (QED) is 0.366. The van der Waals surface area contributed by atoms with Gasteiger partial charge in [0.1, 0.15) is 22.2 Å². The Bertz CT molecular complexity index is 1720. The molecule has 9 nitrogen and oxygen atoms in total. The van der Waals surface area contributed by atoms with Gasteiger partial charge in [-0.05, 0) is 35.9 Å². The minimum atomic E-state index is -4.40. The third-order valence-corrected chi connectivity index (χ3v) is 6.75. The number of nitrogens with zero attached hydrogens (tertiary/aromatic N) is 5. The number of pyridine rings is 1. The van der Waals surface area contributed by atoms with Crippen molar-refractivity contribution in [3.05, 3.63) is 78.9 Å². The van der Waals surface area contributed by atoms with Crippen molar-refractivity contribution in [2.75, 3.05) is 11.8 Å². The van der Waals surface area contributed by atoms with Gasteiger partial charge < -0.3 is 4.74 Å². The van der Waals surface area contributed by atoms with Gasteiger partial charge in [-0.2, -0.15) is 5.10 Å². The molecule has 0 amide bonds. The molecule has 12 heteroatoms. The molecule has 3 heterocycles. The van der Waals surface area contributed by atoms with Crippen LogP contribution in [0.2, 0.25) is 0 Å². The van der Waals surface area contributed by atoms with Crippen molar-refractivity contribution in [3.63, 3.8) is 0 Å². The van der Waals surface area contributed by atoms with Gasteiger partial charge in [-0.3, -0.25) is 14.4 Å². The van der Waals surface area contributed by atoms with Crippen LogP contribution in [0.5, 0.6) is 5.88 Å². The summed E-state index contributed by atoms with van der Waals surface area (Å²) in [6, 6.07) is 9.08. The summed E-state index contributed by atoms with van der Waals surface area (Å²) in [6.07, 6.45) is 6.69. The average molecular weight is 509 g/mol. The first kappa shape index (κ1) is 23.3. The second-order valence-corrected chi connectivity index (χ2v) is 9.47. The van der Waals surface area contributed by atoms with Gasteiger partial charge in [0.15, 0.2) is 0 Å². The number of anilines is 1. The van der Waals surface area contributed by atoms with E-state index in [1.165, 1.54) is 19.4 Å². The highest BCUT2D eigenvalue weighted by molar-refractivity contribution is 7.92. The molecular formula is C24H18F2N6O3S. The van der Waals surface area contributed by atoms with Crippen molar-refractivity contribution in [1.29, 1.82) is 0 Å². The van der Waals surface area contributed by atoms with E-state index < -0.39 is 26.6 Å². The van der Waals surface area contributed by atoms with Gasteiger partial charge >= 0.3 is 0 Å². The second-order valence-electron chi connectivity index (χ2n) is 7.82. The maximum Gasteiger partial charge on any atom is 0.264 e. The van der Waals surface area contributed by atoms with E-state index in [9.17, 15) is 17.2 Å². The number of benzene rings is 2. The third kappa shape index (κ3) is 4.45. The number of aryl methyl sites for hydroxylation is 1. The highest BCUT2D eigenvalue weighted by Gasteiger charge is 2.22. The van der Waals surface area contributed by atoms with E-state index in [0.717, 1.165) is 17.7 Å². The molecule has 2 aromatic carbocycles. The maximum atomic E-state index is 14.2. The van der Waals surface area contributed by atoms with Gasteiger partial charge in [0.05, 0.1) is 36.2 Å². The molecule has 0 bridgehead atoms. The predicted octanol–water partition coefficient (Wildman–Crippen LogP) is 4.18. The van der Waals surface area contributed by atoms with Crippen LogP contribution in [0.3, 0.4) is 0 Å². The maximum absolute atomic E-state index is 14.2. The van der Waals surface area contributed by atoms with E-state index in [1.807, 2.05) is 13.2 Å². The van der Waals surface area contributed by atoms with E-state index in [2.05, 4.69) is 24.8 Å². The van der Waals surface area contributed by atoms with E-state index in [0.29, 0.717) is 33.9 Å².